The first-order valence-electron chi connectivity index (χ1n) is 9.69. The highest BCUT2D eigenvalue weighted by atomic mass is 79.9. The van der Waals surface area contributed by atoms with E-state index < -0.39 is 6.09 Å². The Morgan fingerprint density at radius 1 is 1.13 bits per heavy atom. The van der Waals surface area contributed by atoms with Gasteiger partial charge < -0.3 is 9.47 Å². The number of carbonyl (C=O) groups is 1. The molecule has 4 nitrogen and oxygen atoms in total. The minimum atomic E-state index is -0.408. The molecule has 0 saturated carbocycles. The molecule has 0 N–H and O–H groups in total. The number of aryl methyl sites for hydroxylation is 1. The van der Waals surface area contributed by atoms with E-state index in [1.54, 1.807) is 12.0 Å². The summed E-state index contributed by atoms with van der Waals surface area (Å²) >= 11 is 10.0. The molecule has 3 aromatic carbocycles. The molecule has 0 spiro atoms. The summed E-state index contributed by atoms with van der Waals surface area (Å²) < 4.78 is 12.1. The standard InChI is InChI=1S/C24H21BrClNO3/c1-29-23-14-22-17(13-19(23)25)11-12-21(18-9-5-6-10-20(18)26)27(22)24(28)30-15-16-7-3-2-4-8-16/h2-10,13-14,21H,11-12,15H2,1H3. The number of benzene rings is 3. The Morgan fingerprint density at radius 2 is 1.87 bits per heavy atom. The topological polar surface area (TPSA) is 38.8 Å². The summed E-state index contributed by atoms with van der Waals surface area (Å²) in [6.45, 7) is 0.203. The molecule has 0 radical (unpaired) electrons. The quantitative estimate of drug-likeness (QED) is 0.401. The summed E-state index contributed by atoms with van der Waals surface area (Å²) in [5.41, 5.74) is 3.68. The van der Waals surface area contributed by atoms with Crippen LogP contribution in [0.4, 0.5) is 10.5 Å². The van der Waals surface area contributed by atoms with E-state index in [9.17, 15) is 4.79 Å². The molecule has 0 saturated heterocycles. The van der Waals surface area contributed by atoms with E-state index in [-0.39, 0.29) is 12.6 Å². The second-order valence-electron chi connectivity index (χ2n) is 7.10. The van der Waals surface area contributed by atoms with Crippen LogP contribution in [0, 0.1) is 0 Å². The average Bonchev–Trinajstić information content (AvgIpc) is 2.77. The average molecular weight is 487 g/mol. The fraction of sp³-hybridized carbons (Fsp3) is 0.208. The van der Waals surface area contributed by atoms with Crippen molar-refractivity contribution in [1.82, 2.24) is 0 Å². The zero-order chi connectivity index (χ0) is 21.1. The molecule has 0 aromatic heterocycles. The van der Waals surface area contributed by atoms with Crippen LogP contribution in [0.3, 0.4) is 0 Å². The number of ether oxygens (including phenoxy) is 2. The van der Waals surface area contributed by atoms with Crippen molar-refractivity contribution < 1.29 is 14.3 Å². The second-order valence-corrected chi connectivity index (χ2v) is 8.36. The minimum absolute atomic E-state index is 0.203. The summed E-state index contributed by atoms with van der Waals surface area (Å²) in [5, 5.41) is 0.635. The number of hydrogen-bond acceptors (Lipinski definition) is 3. The molecule has 154 valence electrons. The Labute approximate surface area is 189 Å². The lowest BCUT2D eigenvalue weighted by molar-refractivity contribution is 0.143. The van der Waals surface area contributed by atoms with Crippen LogP contribution in [-0.2, 0) is 17.8 Å². The molecule has 0 aliphatic carbocycles. The zero-order valence-electron chi connectivity index (χ0n) is 16.5. The Kier molecular flexibility index (Phi) is 6.30. The molecule has 4 rings (SSSR count). The molecule has 1 aliphatic heterocycles. The molecule has 1 heterocycles. The van der Waals surface area contributed by atoms with Gasteiger partial charge in [-0.25, -0.2) is 4.79 Å². The lowest BCUT2D eigenvalue weighted by atomic mass is 9.91. The van der Waals surface area contributed by atoms with Crippen LogP contribution in [-0.4, -0.2) is 13.2 Å². The van der Waals surface area contributed by atoms with Crippen LogP contribution < -0.4 is 9.64 Å². The van der Waals surface area contributed by atoms with E-state index in [0.717, 1.165) is 39.7 Å². The van der Waals surface area contributed by atoms with Crippen molar-refractivity contribution in [1.29, 1.82) is 0 Å². The van der Waals surface area contributed by atoms with Gasteiger partial charge in [0, 0.05) is 11.1 Å². The molecule has 3 aromatic rings. The maximum atomic E-state index is 13.3. The highest BCUT2D eigenvalue weighted by Crippen LogP contribution is 2.44. The highest BCUT2D eigenvalue weighted by molar-refractivity contribution is 9.10. The Morgan fingerprint density at radius 3 is 2.60 bits per heavy atom. The smallest absolute Gasteiger partial charge is 0.415 e. The minimum Gasteiger partial charge on any atom is -0.495 e. The number of hydrogen-bond donors (Lipinski definition) is 0. The van der Waals surface area contributed by atoms with Gasteiger partial charge >= 0.3 is 6.09 Å². The maximum absolute atomic E-state index is 13.3. The van der Waals surface area contributed by atoms with E-state index in [2.05, 4.69) is 15.9 Å². The Bertz CT molecular complexity index is 1060. The van der Waals surface area contributed by atoms with Crippen LogP contribution >= 0.6 is 27.5 Å². The molecule has 1 atom stereocenters. The first kappa shape index (κ1) is 20.8. The number of carbonyl (C=O) groups excluding carboxylic acids is 1. The van der Waals surface area contributed by atoms with Crippen molar-refractivity contribution in [2.45, 2.75) is 25.5 Å². The van der Waals surface area contributed by atoms with Gasteiger partial charge in [-0.05, 0) is 57.6 Å². The van der Waals surface area contributed by atoms with E-state index in [1.165, 1.54) is 0 Å². The Hall–Kier alpha value is -2.50. The third kappa shape index (κ3) is 4.18. The molecular formula is C24H21BrClNO3. The lowest BCUT2D eigenvalue weighted by Gasteiger charge is -2.37. The van der Waals surface area contributed by atoms with E-state index in [0.29, 0.717) is 10.8 Å². The summed E-state index contributed by atoms with van der Waals surface area (Å²) in [4.78, 5) is 15.0. The van der Waals surface area contributed by atoms with Crippen LogP contribution in [0.1, 0.15) is 29.2 Å². The largest absolute Gasteiger partial charge is 0.495 e. The zero-order valence-corrected chi connectivity index (χ0v) is 18.8. The van der Waals surface area contributed by atoms with Crippen molar-refractivity contribution in [3.05, 3.63) is 92.9 Å². The highest BCUT2D eigenvalue weighted by Gasteiger charge is 2.35. The van der Waals surface area contributed by atoms with Crippen molar-refractivity contribution in [3.8, 4) is 5.75 Å². The van der Waals surface area contributed by atoms with Gasteiger partial charge in [-0.3, -0.25) is 4.90 Å². The normalized spacial score (nSPS) is 15.4. The number of amides is 1. The van der Waals surface area contributed by atoms with Gasteiger partial charge in [0.25, 0.3) is 0 Å². The third-order valence-electron chi connectivity index (χ3n) is 5.28. The SMILES string of the molecule is COc1cc2c(cc1Br)CCC(c1ccccc1Cl)N2C(=O)OCc1ccccc1. The van der Waals surface area contributed by atoms with Crippen molar-refractivity contribution in [2.24, 2.45) is 0 Å². The first-order chi connectivity index (χ1) is 14.6. The third-order valence-corrected chi connectivity index (χ3v) is 6.24. The monoisotopic (exact) mass is 485 g/mol. The van der Waals surface area contributed by atoms with Gasteiger partial charge in [-0.15, -0.1) is 0 Å². The van der Waals surface area contributed by atoms with Gasteiger partial charge in [-0.2, -0.15) is 0 Å². The Balaban J connectivity index is 1.72. The predicted octanol–water partition coefficient (Wildman–Crippen LogP) is 6.94. The predicted molar refractivity (Wildman–Crippen MR) is 122 cm³/mol. The van der Waals surface area contributed by atoms with Crippen molar-refractivity contribution >= 4 is 39.3 Å². The molecule has 1 amide bonds. The van der Waals surface area contributed by atoms with Crippen molar-refractivity contribution in [3.63, 3.8) is 0 Å². The number of halogens is 2. The number of anilines is 1. The molecule has 1 unspecified atom stereocenters. The maximum Gasteiger partial charge on any atom is 0.415 e. The van der Waals surface area contributed by atoms with E-state index in [1.807, 2.05) is 66.7 Å². The molecule has 1 aliphatic rings. The number of methoxy groups -OCH3 is 1. The van der Waals surface area contributed by atoms with Crippen LogP contribution in [0.25, 0.3) is 0 Å². The number of rotatable bonds is 4. The lowest BCUT2D eigenvalue weighted by Crippen LogP contribution is -2.39. The van der Waals surface area contributed by atoms with E-state index >= 15 is 0 Å². The van der Waals surface area contributed by atoms with E-state index in [4.69, 9.17) is 21.1 Å². The molecule has 30 heavy (non-hydrogen) atoms. The van der Waals surface area contributed by atoms with Gasteiger partial charge in [0.05, 0.1) is 23.3 Å². The summed E-state index contributed by atoms with van der Waals surface area (Å²) in [6, 6.07) is 21.0. The summed E-state index contributed by atoms with van der Waals surface area (Å²) in [5.74, 6) is 0.661. The fourth-order valence-electron chi connectivity index (χ4n) is 3.81. The van der Waals surface area contributed by atoms with Gasteiger partial charge in [-0.1, -0.05) is 60.1 Å². The molecule has 0 fully saturated rings. The van der Waals surface area contributed by atoms with Crippen LogP contribution in [0.2, 0.25) is 5.02 Å². The van der Waals surface area contributed by atoms with Crippen molar-refractivity contribution in [2.75, 3.05) is 12.0 Å². The van der Waals surface area contributed by atoms with Gasteiger partial charge in [0.1, 0.15) is 12.4 Å². The summed E-state index contributed by atoms with van der Waals surface area (Å²) in [7, 11) is 1.61. The first-order valence-corrected chi connectivity index (χ1v) is 10.9. The second kappa shape index (κ2) is 9.11. The molecular weight excluding hydrogens is 466 g/mol. The van der Waals surface area contributed by atoms with Gasteiger partial charge in [0.15, 0.2) is 0 Å². The fourth-order valence-corrected chi connectivity index (χ4v) is 4.62. The number of fused-ring (bicyclic) bond motifs is 1. The molecule has 0 bridgehead atoms. The van der Waals surface area contributed by atoms with Gasteiger partial charge in [0.2, 0.25) is 0 Å². The number of nitrogens with zero attached hydrogens (tertiary/aromatic N) is 1. The summed E-state index contributed by atoms with van der Waals surface area (Å²) in [6.07, 6.45) is 1.15. The molecule has 6 heteroatoms. The van der Waals surface area contributed by atoms with Crippen LogP contribution in [0.5, 0.6) is 5.75 Å². The van der Waals surface area contributed by atoms with Crippen LogP contribution in [0.15, 0.2) is 71.2 Å².